The van der Waals surface area contributed by atoms with Crippen molar-refractivity contribution < 1.29 is 0 Å². The molecule has 0 aliphatic heterocycles. The first-order valence-corrected chi connectivity index (χ1v) is 6.78. The zero-order chi connectivity index (χ0) is 14.1. The minimum absolute atomic E-state index is 0.579. The highest BCUT2D eigenvalue weighted by atomic mass is 35.5. The third-order valence-electron chi connectivity index (χ3n) is 3.05. The zero-order valence-corrected chi connectivity index (χ0v) is 12.0. The number of nitrogens with one attached hydrogen (secondary N) is 1. The van der Waals surface area contributed by atoms with Gasteiger partial charge in [0.1, 0.15) is 12.1 Å². The van der Waals surface area contributed by atoms with Crippen molar-refractivity contribution in [1.82, 2.24) is 19.6 Å². The Kier molecular flexibility index (Phi) is 3.28. The Labute approximate surface area is 121 Å². The number of hydrogen-bond acceptors (Lipinski definition) is 4. The van der Waals surface area contributed by atoms with E-state index in [2.05, 4.69) is 27.3 Å². The summed E-state index contributed by atoms with van der Waals surface area (Å²) in [4.78, 5) is 8.54. The maximum absolute atomic E-state index is 6.25. The van der Waals surface area contributed by atoms with Gasteiger partial charge in [-0.2, -0.15) is 14.6 Å². The number of rotatable bonds is 3. The van der Waals surface area contributed by atoms with Crippen LogP contribution in [0, 0.1) is 6.92 Å². The number of aromatic nitrogens is 4. The van der Waals surface area contributed by atoms with Crippen molar-refractivity contribution in [3.8, 4) is 0 Å². The van der Waals surface area contributed by atoms with Crippen LogP contribution in [-0.2, 0) is 6.42 Å². The fourth-order valence-electron chi connectivity index (χ4n) is 1.99. The van der Waals surface area contributed by atoms with Crippen molar-refractivity contribution in [2.45, 2.75) is 20.3 Å². The molecule has 0 aliphatic carbocycles. The van der Waals surface area contributed by atoms with Crippen molar-refractivity contribution >= 4 is 28.9 Å². The quantitative estimate of drug-likeness (QED) is 0.802. The van der Waals surface area contributed by atoms with Gasteiger partial charge in [-0.3, -0.25) is 0 Å². The van der Waals surface area contributed by atoms with Crippen molar-refractivity contribution in [3.63, 3.8) is 0 Å². The SMILES string of the molecule is CCc1cc(Nc2ccc(C)cc2Cl)n2ncnc2n1. The van der Waals surface area contributed by atoms with E-state index in [1.54, 1.807) is 4.52 Å². The van der Waals surface area contributed by atoms with Gasteiger partial charge in [-0.25, -0.2) is 4.98 Å². The van der Waals surface area contributed by atoms with Crippen LogP contribution in [0.4, 0.5) is 11.5 Å². The van der Waals surface area contributed by atoms with Crippen LogP contribution in [0.15, 0.2) is 30.6 Å². The molecule has 0 spiro atoms. The number of fused-ring (bicyclic) bond motifs is 1. The summed E-state index contributed by atoms with van der Waals surface area (Å²) in [6.45, 7) is 4.06. The van der Waals surface area contributed by atoms with Gasteiger partial charge in [0.15, 0.2) is 0 Å². The van der Waals surface area contributed by atoms with Crippen LogP contribution < -0.4 is 5.32 Å². The summed E-state index contributed by atoms with van der Waals surface area (Å²) in [5.41, 5.74) is 2.91. The predicted octanol–water partition coefficient (Wildman–Crippen LogP) is 3.39. The second-order valence-corrected chi connectivity index (χ2v) is 4.97. The average molecular weight is 288 g/mol. The molecule has 0 unspecified atom stereocenters. The average Bonchev–Trinajstić information content (AvgIpc) is 2.90. The molecular formula is C14H14ClN5. The topological polar surface area (TPSA) is 55.1 Å². The standard InChI is InChI=1S/C14H14ClN5/c1-3-10-7-13(20-14(18-10)16-8-17-20)19-12-5-4-9(2)6-11(12)15/h4-8,19H,3H2,1-2H3. The highest BCUT2D eigenvalue weighted by Crippen LogP contribution is 2.26. The summed E-state index contributed by atoms with van der Waals surface area (Å²) in [6.07, 6.45) is 2.32. The molecule has 6 heteroatoms. The lowest BCUT2D eigenvalue weighted by Gasteiger charge is -2.11. The molecule has 0 atom stereocenters. The molecule has 0 saturated heterocycles. The lowest BCUT2D eigenvalue weighted by Crippen LogP contribution is -2.04. The third-order valence-corrected chi connectivity index (χ3v) is 3.37. The van der Waals surface area contributed by atoms with Gasteiger partial charge in [-0.1, -0.05) is 24.6 Å². The largest absolute Gasteiger partial charge is 0.339 e. The predicted molar refractivity (Wildman–Crippen MR) is 79.6 cm³/mol. The first kappa shape index (κ1) is 12.9. The van der Waals surface area contributed by atoms with Crippen LogP contribution in [-0.4, -0.2) is 19.6 Å². The van der Waals surface area contributed by atoms with E-state index >= 15 is 0 Å². The molecule has 0 saturated carbocycles. The maximum atomic E-state index is 6.25. The second kappa shape index (κ2) is 5.09. The van der Waals surface area contributed by atoms with Crippen molar-refractivity contribution in [1.29, 1.82) is 0 Å². The molecule has 2 aromatic heterocycles. The van der Waals surface area contributed by atoms with Crippen LogP contribution in [0.5, 0.6) is 0 Å². The van der Waals surface area contributed by atoms with Gasteiger partial charge < -0.3 is 5.32 Å². The number of anilines is 2. The first-order valence-electron chi connectivity index (χ1n) is 6.40. The van der Waals surface area contributed by atoms with Crippen LogP contribution in [0.1, 0.15) is 18.2 Å². The Balaban J connectivity index is 2.07. The molecule has 3 aromatic rings. The van der Waals surface area contributed by atoms with E-state index in [0.717, 1.165) is 29.2 Å². The summed E-state index contributed by atoms with van der Waals surface area (Å²) in [6, 6.07) is 7.84. The molecule has 0 radical (unpaired) electrons. The fourth-order valence-corrected chi connectivity index (χ4v) is 2.27. The smallest absolute Gasteiger partial charge is 0.254 e. The molecule has 1 aromatic carbocycles. The lowest BCUT2D eigenvalue weighted by atomic mass is 10.2. The Morgan fingerprint density at radius 3 is 2.90 bits per heavy atom. The van der Waals surface area contributed by atoms with E-state index in [1.807, 2.05) is 31.2 Å². The molecule has 1 N–H and O–H groups in total. The van der Waals surface area contributed by atoms with E-state index in [4.69, 9.17) is 11.6 Å². The molecule has 5 nitrogen and oxygen atoms in total. The molecule has 2 heterocycles. The lowest BCUT2D eigenvalue weighted by molar-refractivity contribution is 0.918. The minimum Gasteiger partial charge on any atom is -0.339 e. The summed E-state index contributed by atoms with van der Waals surface area (Å²) in [7, 11) is 0. The second-order valence-electron chi connectivity index (χ2n) is 4.57. The van der Waals surface area contributed by atoms with E-state index in [1.165, 1.54) is 6.33 Å². The Hall–Kier alpha value is -2.14. The molecule has 20 heavy (non-hydrogen) atoms. The van der Waals surface area contributed by atoms with Crippen LogP contribution in [0.25, 0.3) is 5.78 Å². The van der Waals surface area contributed by atoms with Gasteiger partial charge in [0, 0.05) is 11.8 Å². The Morgan fingerprint density at radius 2 is 2.15 bits per heavy atom. The number of benzene rings is 1. The van der Waals surface area contributed by atoms with Gasteiger partial charge in [0.25, 0.3) is 5.78 Å². The maximum Gasteiger partial charge on any atom is 0.254 e. The number of hydrogen-bond donors (Lipinski definition) is 1. The number of aryl methyl sites for hydroxylation is 2. The van der Waals surface area contributed by atoms with E-state index < -0.39 is 0 Å². The summed E-state index contributed by atoms with van der Waals surface area (Å²) < 4.78 is 1.66. The molecule has 0 aliphatic rings. The van der Waals surface area contributed by atoms with Crippen molar-refractivity contribution in [2.24, 2.45) is 0 Å². The normalized spacial score (nSPS) is 10.9. The zero-order valence-electron chi connectivity index (χ0n) is 11.3. The summed E-state index contributed by atoms with van der Waals surface area (Å²) >= 11 is 6.25. The molecule has 3 rings (SSSR count). The van der Waals surface area contributed by atoms with Gasteiger partial charge >= 0.3 is 0 Å². The molecule has 102 valence electrons. The molecule has 0 fully saturated rings. The summed E-state index contributed by atoms with van der Waals surface area (Å²) in [5, 5.41) is 8.14. The van der Waals surface area contributed by atoms with Crippen LogP contribution in [0.2, 0.25) is 5.02 Å². The number of nitrogens with zero attached hydrogens (tertiary/aromatic N) is 4. The highest BCUT2D eigenvalue weighted by molar-refractivity contribution is 6.33. The van der Waals surface area contributed by atoms with Gasteiger partial charge in [-0.05, 0) is 31.0 Å². The fraction of sp³-hybridized carbons (Fsp3) is 0.214. The molecule has 0 bridgehead atoms. The van der Waals surface area contributed by atoms with Gasteiger partial charge in [-0.15, -0.1) is 0 Å². The monoisotopic (exact) mass is 287 g/mol. The Bertz CT molecular complexity index is 765. The number of halogens is 1. The third kappa shape index (κ3) is 2.32. The minimum atomic E-state index is 0.579. The highest BCUT2D eigenvalue weighted by Gasteiger charge is 2.08. The van der Waals surface area contributed by atoms with Crippen molar-refractivity contribution in [2.75, 3.05) is 5.32 Å². The van der Waals surface area contributed by atoms with E-state index in [-0.39, 0.29) is 0 Å². The summed E-state index contributed by atoms with van der Waals surface area (Å²) in [5.74, 6) is 1.38. The van der Waals surface area contributed by atoms with Gasteiger partial charge in [0.05, 0.1) is 10.7 Å². The molecule has 0 amide bonds. The molecular weight excluding hydrogens is 274 g/mol. The van der Waals surface area contributed by atoms with E-state index in [0.29, 0.717) is 10.8 Å². The van der Waals surface area contributed by atoms with E-state index in [9.17, 15) is 0 Å². The van der Waals surface area contributed by atoms with Crippen LogP contribution >= 0.6 is 11.6 Å². The first-order chi connectivity index (χ1) is 9.67. The van der Waals surface area contributed by atoms with Crippen molar-refractivity contribution in [3.05, 3.63) is 46.9 Å². The van der Waals surface area contributed by atoms with Crippen LogP contribution in [0.3, 0.4) is 0 Å². The Morgan fingerprint density at radius 1 is 1.30 bits per heavy atom. The van der Waals surface area contributed by atoms with Gasteiger partial charge in [0.2, 0.25) is 0 Å².